The van der Waals surface area contributed by atoms with Gasteiger partial charge < -0.3 is 5.32 Å². The number of amides is 1. The number of nitrogens with zero attached hydrogens (tertiary/aromatic N) is 4. The molecular formula is C19H20N6OS. The molecule has 0 unspecified atom stereocenters. The largest absolute Gasteiger partial charge is 0.325 e. The average molecular weight is 380 g/mol. The van der Waals surface area contributed by atoms with Crippen LogP contribution in [0.5, 0.6) is 0 Å². The summed E-state index contributed by atoms with van der Waals surface area (Å²) >= 11 is 1.30. The molecule has 7 nitrogen and oxygen atoms in total. The standard InChI is InChI=1S/C19H20N6OS/c1-13(2)18-21-19(25-24-18)27-12-17(26)20-14-8-10-16(11-9-14)23-22-15-6-4-3-5-7-15/h3-11,13H,12H2,1-2H3,(H,20,26)(H,21,24,25). The summed E-state index contributed by atoms with van der Waals surface area (Å²) in [6, 6.07) is 16.7. The molecular weight excluding hydrogens is 360 g/mol. The monoisotopic (exact) mass is 380 g/mol. The van der Waals surface area contributed by atoms with Crippen molar-refractivity contribution >= 4 is 34.7 Å². The van der Waals surface area contributed by atoms with E-state index in [0.717, 1.165) is 11.5 Å². The molecule has 3 rings (SSSR count). The maximum atomic E-state index is 12.1. The van der Waals surface area contributed by atoms with E-state index in [1.165, 1.54) is 11.8 Å². The van der Waals surface area contributed by atoms with Gasteiger partial charge in [0.15, 0.2) is 0 Å². The summed E-state index contributed by atoms with van der Waals surface area (Å²) in [7, 11) is 0. The molecule has 0 bridgehead atoms. The van der Waals surface area contributed by atoms with Gasteiger partial charge in [-0.2, -0.15) is 10.2 Å². The minimum absolute atomic E-state index is 0.116. The number of azo groups is 1. The Bertz CT molecular complexity index is 905. The Morgan fingerprint density at radius 3 is 2.37 bits per heavy atom. The second-order valence-electron chi connectivity index (χ2n) is 6.08. The van der Waals surface area contributed by atoms with Crippen LogP contribution in [0, 0.1) is 0 Å². The second-order valence-corrected chi connectivity index (χ2v) is 7.02. The lowest BCUT2D eigenvalue weighted by atomic mass is 10.2. The van der Waals surface area contributed by atoms with E-state index < -0.39 is 0 Å². The molecule has 27 heavy (non-hydrogen) atoms. The van der Waals surface area contributed by atoms with Gasteiger partial charge in [-0.3, -0.25) is 9.89 Å². The van der Waals surface area contributed by atoms with E-state index in [1.807, 2.05) is 44.2 Å². The molecule has 3 aromatic rings. The number of carbonyl (C=O) groups is 1. The molecule has 2 N–H and O–H groups in total. The minimum Gasteiger partial charge on any atom is -0.325 e. The summed E-state index contributed by atoms with van der Waals surface area (Å²) in [6.45, 7) is 4.06. The van der Waals surface area contributed by atoms with E-state index in [9.17, 15) is 4.79 Å². The van der Waals surface area contributed by atoms with Crippen LogP contribution in [0.25, 0.3) is 0 Å². The number of aromatic nitrogens is 3. The Kier molecular flexibility index (Phi) is 6.32. The average Bonchev–Trinajstić information content (AvgIpc) is 3.16. The molecule has 1 heterocycles. The maximum absolute atomic E-state index is 12.1. The van der Waals surface area contributed by atoms with Gasteiger partial charge >= 0.3 is 0 Å². The van der Waals surface area contributed by atoms with Gasteiger partial charge in [-0.1, -0.05) is 43.8 Å². The molecule has 0 spiro atoms. The molecule has 0 aliphatic rings. The number of thioether (sulfide) groups is 1. The van der Waals surface area contributed by atoms with Crippen molar-refractivity contribution in [2.75, 3.05) is 11.1 Å². The normalized spacial score (nSPS) is 11.2. The van der Waals surface area contributed by atoms with Crippen molar-refractivity contribution in [1.29, 1.82) is 0 Å². The smallest absolute Gasteiger partial charge is 0.234 e. The predicted molar refractivity (Wildman–Crippen MR) is 107 cm³/mol. The summed E-state index contributed by atoms with van der Waals surface area (Å²) in [5.41, 5.74) is 2.21. The molecule has 138 valence electrons. The fourth-order valence-electron chi connectivity index (χ4n) is 2.13. The van der Waals surface area contributed by atoms with Crippen LogP contribution in [0.4, 0.5) is 17.1 Å². The number of carbonyl (C=O) groups excluding carboxylic acids is 1. The third kappa shape index (κ3) is 5.75. The van der Waals surface area contributed by atoms with Gasteiger partial charge in [0.25, 0.3) is 0 Å². The molecule has 0 radical (unpaired) electrons. The molecule has 0 saturated heterocycles. The van der Waals surface area contributed by atoms with Gasteiger partial charge in [-0.15, -0.1) is 5.10 Å². The van der Waals surface area contributed by atoms with E-state index in [0.29, 0.717) is 16.5 Å². The van der Waals surface area contributed by atoms with Crippen LogP contribution >= 0.6 is 11.8 Å². The first kappa shape index (κ1) is 18.8. The first-order chi connectivity index (χ1) is 13.1. The third-order valence-corrected chi connectivity index (χ3v) is 4.40. The SMILES string of the molecule is CC(C)c1nc(SCC(=O)Nc2ccc(N=Nc3ccccc3)cc2)n[nH]1. The lowest BCUT2D eigenvalue weighted by Crippen LogP contribution is -2.13. The van der Waals surface area contributed by atoms with Crippen LogP contribution < -0.4 is 5.32 Å². The van der Waals surface area contributed by atoms with E-state index in [4.69, 9.17) is 0 Å². The van der Waals surface area contributed by atoms with Gasteiger partial charge in [0.05, 0.1) is 17.1 Å². The Morgan fingerprint density at radius 2 is 1.74 bits per heavy atom. The van der Waals surface area contributed by atoms with Crippen LogP contribution in [-0.4, -0.2) is 26.8 Å². The molecule has 1 amide bonds. The van der Waals surface area contributed by atoms with E-state index in [-0.39, 0.29) is 17.6 Å². The highest BCUT2D eigenvalue weighted by molar-refractivity contribution is 7.99. The first-order valence-electron chi connectivity index (χ1n) is 8.52. The molecule has 8 heteroatoms. The van der Waals surface area contributed by atoms with Crippen molar-refractivity contribution in [3.63, 3.8) is 0 Å². The van der Waals surface area contributed by atoms with Crippen molar-refractivity contribution in [3.8, 4) is 0 Å². The molecule has 2 aromatic carbocycles. The van der Waals surface area contributed by atoms with E-state index >= 15 is 0 Å². The Balaban J connectivity index is 1.50. The molecule has 0 fully saturated rings. The zero-order valence-corrected chi connectivity index (χ0v) is 15.9. The third-order valence-electron chi connectivity index (χ3n) is 3.55. The highest BCUT2D eigenvalue weighted by Gasteiger charge is 2.09. The number of hydrogen-bond donors (Lipinski definition) is 2. The van der Waals surface area contributed by atoms with Crippen LogP contribution in [0.3, 0.4) is 0 Å². The summed E-state index contributed by atoms with van der Waals surface area (Å²) in [5.74, 6) is 1.22. The zero-order chi connectivity index (χ0) is 19.1. The molecule has 0 aliphatic heterocycles. The van der Waals surface area contributed by atoms with Crippen LogP contribution in [0.1, 0.15) is 25.6 Å². The topological polar surface area (TPSA) is 95.4 Å². The fourth-order valence-corrected chi connectivity index (χ4v) is 2.74. The van der Waals surface area contributed by atoms with Crippen molar-refractivity contribution in [2.45, 2.75) is 24.9 Å². The molecule has 0 saturated carbocycles. The lowest BCUT2D eigenvalue weighted by Gasteiger charge is -2.04. The molecule has 0 aliphatic carbocycles. The number of nitrogens with one attached hydrogen (secondary N) is 2. The molecule has 1 aromatic heterocycles. The van der Waals surface area contributed by atoms with Crippen molar-refractivity contribution < 1.29 is 4.79 Å². The number of rotatable bonds is 7. The lowest BCUT2D eigenvalue weighted by molar-refractivity contribution is -0.113. The first-order valence-corrected chi connectivity index (χ1v) is 9.50. The van der Waals surface area contributed by atoms with Crippen molar-refractivity contribution in [1.82, 2.24) is 15.2 Å². The Hall–Kier alpha value is -3.00. The number of H-pyrrole nitrogens is 1. The number of hydrogen-bond acceptors (Lipinski definition) is 6. The van der Waals surface area contributed by atoms with E-state index in [1.54, 1.807) is 24.3 Å². The summed E-state index contributed by atoms with van der Waals surface area (Å²) in [6.07, 6.45) is 0. The van der Waals surface area contributed by atoms with Crippen molar-refractivity contribution in [3.05, 3.63) is 60.4 Å². The van der Waals surface area contributed by atoms with Gasteiger partial charge in [-0.25, -0.2) is 4.98 Å². The van der Waals surface area contributed by atoms with Gasteiger partial charge in [-0.05, 0) is 36.4 Å². The highest BCUT2D eigenvalue weighted by atomic mass is 32.2. The zero-order valence-electron chi connectivity index (χ0n) is 15.1. The number of aromatic amines is 1. The summed E-state index contributed by atoms with van der Waals surface area (Å²) < 4.78 is 0. The van der Waals surface area contributed by atoms with Crippen LogP contribution in [0.15, 0.2) is 70.0 Å². The fraction of sp³-hybridized carbons (Fsp3) is 0.211. The number of benzene rings is 2. The van der Waals surface area contributed by atoms with Gasteiger partial charge in [0, 0.05) is 11.6 Å². The summed E-state index contributed by atoms with van der Waals surface area (Å²) in [4.78, 5) is 16.4. The van der Waals surface area contributed by atoms with Crippen LogP contribution in [0.2, 0.25) is 0 Å². The Morgan fingerprint density at radius 1 is 1.07 bits per heavy atom. The second kappa shape index (κ2) is 9.09. The quantitative estimate of drug-likeness (QED) is 0.441. The minimum atomic E-state index is -0.116. The van der Waals surface area contributed by atoms with Crippen molar-refractivity contribution in [2.24, 2.45) is 10.2 Å². The highest BCUT2D eigenvalue weighted by Crippen LogP contribution is 2.21. The predicted octanol–water partition coefficient (Wildman–Crippen LogP) is 5.07. The number of anilines is 1. The molecule has 0 atom stereocenters. The van der Waals surface area contributed by atoms with E-state index in [2.05, 4.69) is 30.7 Å². The Labute approximate surface area is 161 Å². The summed E-state index contributed by atoms with van der Waals surface area (Å²) in [5, 5.41) is 18.7. The maximum Gasteiger partial charge on any atom is 0.234 e. The van der Waals surface area contributed by atoms with Gasteiger partial charge in [0.1, 0.15) is 5.82 Å². The van der Waals surface area contributed by atoms with Crippen LogP contribution in [-0.2, 0) is 4.79 Å². The van der Waals surface area contributed by atoms with Gasteiger partial charge in [0.2, 0.25) is 11.1 Å².